The van der Waals surface area contributed by atoms with E-state index >= 15 is 0 Å². The van der Waals surface area contributed by atoms with E-state index in [0.29, 0.717) is 12.5 Å². The molecule has 2 rings (SSSR count). The molecule has 1 atom stereocenters. The lowest BCUT2D eigenvalue weighted by atomic mass is 10.2. The number of anilines is 1. The molecule has 0 aliphatic rings. The molecule has 0 radical (unpaired) electrons. The molecule has 0 aliphatic carbocycles. The second-order valence-corrected chi connectivity index (χ2v) is 5.09. The average molecular weight is 262 g/mol. The lowest BCUT2D eigenvalue weighted by Gasteiger charge is -2.14. The summed E-state index contributed by atoms with van der Waals surface area (Å²) in [4.78, 5) is 4.50. The van der Waals surface area contributed by atoms with E-state index in [1.54, 1.807) is 0 Å². The van der Waals surface area contributed by atoms with Crippen molar-refractivity contribution >= 4 is 16.8 Å². The zero-order valence-electron chi connectivity index (χ0n) is 12.1. The van der Waals surface area contributed by atoms with Crippen LogP contribution >= 0.6 is 0 Å². The van der Waals surface area contributed by atoms with Crippen LogP contribution in [0.25, 0.3) is 11.1 Å². The van der Waals surface area contributed by atoms with E-state index in [1.165, 1.54) is 0 Å². The molecule has 0 aliphatic heterocycles. The Kier molecular flexibility index (Phi) is 4.43. The summed E-state index contributed by atoms with van der Waals surface area (Å²) in [7, 11) is 0. The highest BCUT2D eigenvalue weighted by molar-refractivity contribution is 5.77. The van der Waals surface area contributed by atoms with Crippen LogP contribution in [0.3, 0.4) is 0 Å². The third-order valence-electron chi connectivity index (χ3n) is 2.88. The van der Waals surface area contributed by atoms with E-state index in [-0.39, 0.29) is 6.04 Å². The van der Waals surface area contributed by atoms with E-state index in [9.17, 15) is 0 Å². The van der Waals surface area contributed by atoms with Gasteiger partial charge in [0.25, 0.3) is 0 Å². The van der Waals surface area contributed by atoms with Crippen molar-refractivity contribution in [2.45, 2.75) is 39.7 Å². The van der Waals surface area contributed by atoms with Crippen molar-refractivity contribution < 1.29 is 9.15 Å². The van der Waals surface area contributed by atoms with Crippen LogP contribution in [0.15, 0.2) is 22.6 Å². The Hall–Kier alpha value is -1.55. The van der Waals surface area contributed by atoms with Crippen molar-refractivity contribution in [3.05, 3.63) is 24.1 Å². The van der Waals surface area contributed by atoms with Gasteiger partial charge in [0.2, 0.25) is 0 Å². The summed E-state index contributed by atoms with van der Waals surface area (Å²) in [5.74, 6) is 1.09. The number of aromatic nitrogens is 1. The Morgan fingerprint density at radius 3 is 2.79 bits per heavy atom. The summed E-state index contributed by atoms with van der Waals surface area (Å²) in [5, 5.41) is 3.40. The molecular weight excluding hydrogens is 240 g/mol. The Balaban J connectivity index is 2.12. The minimum absolute atomic E-state index is 0.272. The highest BCUT2D eigenvalue weighted by atomic mass is 16.5. The van der Waals surface area contributed by atoms with Crippen LogP contribution in [0.4, 0.5) is 5.69 Å². The quantitative estimate of drug-likeness (QED) is 0.860. The molecule has 0 spiro atoms. The van der Waals surface area contributed by atoms with Crippen LogP contribution in [-0.2, 0) is 4.74 Å². The number of rotatable bonds is 6. The smallest absolute Gasteiger partial charge is 0.198 e. The number of nitrogens with one attached hydrogen (secondary N) is 1. The molecule has 2 aromatic rings. The lowest BCUT2D eigenvalue weighted by molar-refractivity contribution is 0.141. The maximum absolute atomic E-state index is 5.69. The van der Waals surface area contributed by atoms with Crippen molar-refractivity contribution in [3.8, 4) is 0 Å². The summed E-state index contributed by atoms with van der Waals surface area (Å²) >= 11 is 0. The molecule has 0 saturated heterocycles. The summed E-state index contributed by atoms with van der Waals surface area (Å²) in [6, 6.07) is 6.27. The van der Waals surface area contributed by atoms with Gasteiger partial charge in [-0.1, -0.05) is 13.8 Å². The van der Waals surface area contributed by atoms with Gasteiger partial charge in [-0.2, -0.15) is 0 Å². The van der Waals surface area contributed by atoms with Crippen LogP contribution in [0.2, 0.25) is 0 Å². The second-order valence-electron chi connectivity index (χ2n) is 5.09. The number of ether oxygens (including phenoxy) is 1. The monoisotopic (exact) mass is 262 g/mol. The van der Waals surface area contributed by atoms with Gasteiger partial charge < -0.3 is 14.5 Å². The molecule has 1 unspecified atom stereocenters. The molecule has 1 aromatic carbocycles. The molecule has 0 fully saturated rings. The first kappa shape index (κ1) is 13.9. The number of nitrogens with zero attached hydrogens (tertiary/aromatic N) is 1. The standard InChI is InChI=1S/C15H22N2O2/c1-5-18-9-11(4)16-12-6-7-14-13(8-12)17-15(19-14)10(2)3/h6-8,10-11,16H,5,9H2,1-4H3. The predicted octanol–water partition coefficient (Wildman–Crippen LogP) is 3.79. The molecule has 104 valence electrons. The number of hydrogen-bond acceptors (Lipinski definition) is 4. The lowest BCUT2D eigenvalue weighted by Crippen LogP contribution is -2.21. The number of oxazole rings is 1. The molecule has 4 nitrogen and oxygen atoms in total. The molecule has 1 aromatic heterocycles. The predicted molar refractivity (Wildman–Crippen MR) is 77.7 cm³/mol. The van der Waals surface area contributed by atoms with Crippen molar-refractivity contribution in [3.63, 3.8) is 0 Å². The fourth-order valence-electron chi connectivity index (χ4n) is 1.90. The summed E-state index contributed by atoms with van der Waals surface area (Å²) < 4.78 is 11.1. The summed E-state index contributed by atoms with van der Waals surface area (Å²) in [6.45, 7) is 9.70. The topological polar surface area (TPSA) is 47.3 Å². The first-order chi connectivity index (χ1) is 9.10. The van der Waals surface area contributed by atoms with Crippen LogP contribution in [0, 0.1) is 0 Å². The van der Waals surface area contributed by atoms with Crippen LogP contribution in [0.5, 0.6) is 0 Å². The molecule has 4 heteroatoms. The SMILES string of the molecule is CCOCC(C)Nc1ccc2oc(C(C)C)nc2c1. The van der Waals surface area contributed by atoms with Crippen LogP contribution < -0.4 is 5.32 Å². The van der Waals surface area contributed by atoms with Crippen LogP contribution in [0.1, 0.15) is 39.5 Å². The van der Waals surface area contributed by atoms with Gasteiger partial charge >= 0.3 is 0 Å². The van der Waals surface area contributed by atoms with Gasteiger partial charge in [-0.25, -0.2) is 4.98 Å². The molecule has 0 amide bonds. The minimum atomic E-state index is 0.272. The van der Waals surface area contributed by atoms with Gasteiger partial charge in [-0.3, -0.25) is 0 Å². The van der Waals surface area contributed by atoms with Crippen molar-refractivity contribution in [2.24, 2.45) is 0 Å². The molecule has 1 N–H and O–H groups in total. The van der Waals surface area contributed by atoms with Gasteiger partial charge in [0, 0.05) is 24.3 Å². The summed E-state index contributed by atoms with van der Waals surface area (Å²) in [5.41, 5.74) is 2.78. The summed E-state index contributed by atoms with van der Waals surface area (Å²) in [6.07, 6.45) is 0. The minimum Gasteiger partial charge on any atom is -0.440 e. The number of benzene rings is 1. The van der Waals surface area contributed by atoms with Gasteiger partial charge in [-0.15, -0.1) is 0 Å². The zero-order chi connectivity index (χ0) is 13.8. The Bertz CT molecular complexity index is 534. The first-order valence-corrected chi connectivity index (χ1v) is 6.85. The Labute approximate surface area is 114 Å². The fraction of sp³-hybridized carbons (Fsp3) is 0.533. The maximum Gasteiger partial charge on any atom is 0.198 e. The normalized spacial score (nSPS) is 13.1. The van der Waals surface area contributed by atoms with E-state index < -0.39 is 0 Å². The second kappa shape index (κ2) is 6.06. The molecule has 1 heterocycles. The zero-order valence-corrected chi connectivity index (χ0v) is 12.1. The Morgan fingerprint density at radius 1 is 1.32 bits per heavy atom. The maximum atomic E-state index is 5.69. The van der Waals surface area contributed by atoms with Gasteiger partial charge in [0.1, 0.15) is 5.52 Å². The van der Waals surface area contributed by atoms with E-state index in [1.807, 2.05) is 25.1 Å². The van der Waals surface area contributed by atoms with Crippen LogP contribution in [-0.4, -0.2) is 24.2 Å². The highest BCUT2D eigenvalue weighted by Gasteiger charge is 2.10. The molecule has 0 bridgehead atoms. The van der Waals surface area contributed by atoms with E-state index in [2.05, 4.69) is 31.1 Å². The molecule has 19 heavy (non-hydrogen) atoms. The third-order valence-corrected chi connectivity index (χ3v) is 2.88. The fourth-order valence-corrected chi connectivity index (χ4v) is 1.90. The van der Waals surface area contributed by atoms with Crippen molar-refractivity contribution in [1.82, 2.24) is 4.98 Å². The van der Waals surface area contributed by atoms with Crippen molar-refractivity contribution in [2.75, 3.05) is 18.5 Å². The van der Waals surface area contributed by atoms with Crippen molar-refractivity contribution in [1.29, 1.82) is 0 Å². The number of fused-ring (bicyclic) bond motifs is 1. The largest absolute Gasteiger partial charge is 0.440 e. The Morgan fingerprint density at radius 2 is 2.11 bits per heavy atom. The number of hydrogen-bond donors (Lipinski definition) is 1. The van der Waals surface area contributed by atoms with Gasteiger partial charge in [0.05, 0.1) is 6.61 Å². The average Bonchev–Trinajstić information content (AvgIpc) is 2.79. The van der Waals surface area contributed by atoms with Gasteiger partial charge in [-0.05, 0) is 32.0 Å². The van der Waals surface area contributed by atoms with E-state index in [4.69, 9.17) is 9.15 Å². The molecular formula is C15H22N2O2. The van der Waals surface area contributed by atoms with E-state index in [0.717, 1.165) is 29.3 Å². The van der Waals surface area contributed by atoms with Gasteiger partial charge in [0.15, 0.2) is 11.5 Å². The third kappa shape index (κ3) is 3.47. The molecule has 0 saturated carbocycles. The highest BCUT2D eigenvalue weighted by Crippen LogP contribution is 2.24. The first-order valence-electron chi connectivity index (χ1n) is 6.85.